The Bertz CT molecular complexity index is 653. The lowest BCUT2D eigenvalue weighted by Crippen LogP contribution is -2.08. The molecule has 0 fully saturated rings. The van der Waals surface area contributed by atoms with Gasteiger partial charge in [-0.25, -0.2) is 0 Å². The summed E-state index contributed by atoms with van der Waals surface area (Å²) in [5, 5.41) is 1.27. The maximum Gasteiger partial charge on any atom is 0.0481 e. The predicted octanol–water partition coefficient (Wildman–Crippen LogP) is 3.27. The highest BCUT2D eigenvalue weighted by Gasteiger charge is 2.02. The van der Waals surface area contributed by atoms with E-state index in [1.54, 1.807) is 0 Å². The SMILES string of the molecule is NCCn1ccc2cc(-c3ccccc3)ccc21. The Balaban J connectivity index is 2.07. The fraction of sp³-hybridized carbons (Fsp3) is 0.125. The highest BCUT2D eigenvalue weighted by atomic mass is 15.0. The standard InChI is InChI=1S/C16H16N2/c17-9-11-18-10-8-15-12-14(6-7-16(15)18)13-4-2-1-3-5-13/h1-8,10,12H,9,11,17H2. The van der Waals surface area contributed by atoms with E-state index in [0.717, 1.165) is 6.54 Å². The third-order valence-electron chi connectivity index (χ3n) is 3.25. The van der Waals surface area contributed by atoms with Crippen LogP contribution in [-0.2, 0) is 6.54 Å². The van der Waals surface area contributed by atoms with E-state index in [2.05, 4.69) is 59.3 Å². The normalized spacial score (nSPS) is 10.9. The Labute approximate surface area is 107 Å². The van der Waals surface area contributed by atoms with E-state index in [1.807, 2.05) is 6.07 Å². The van der Waals surface area contributed by atoms with Crippen molar-refractivity contribution in [2.75, 3.05) is 6.54 Å². The second-order valence-electron chi connectivity index (χ2n) is 4.44. The van der Waals surface area contributed by atoms with Crippen molar-refractivity contribution in [3.05, 3.63) is 60.8 Å². The zero-order valence-corrected chi connectivity index (χ0v) is 10.2. The molecule has 2 N–H and O–H groups in total. The van der Waals surface area contributed by atoms with Crippen molar-refractivity contribution < 1.29 is 0 Å². The molecular formula is C16H16N2. The number of hydrogen-bond acceptors (Lipinski definition) is 1. The molecule has 3 rings (SSSR count). The van der Waals surface area contributed by atoms with Gasteiger partial charge in [0.25, 0.3) is 0 Å². The number of aromatic nitrogens is 1. The first-order valence-corrected chi connectivity index (χ1v) is 6.23. The summed E-state index contributed by atoms with van der Waals surface area (Å²) in [4.78, 5) is 0. The number of fused-ring (bicyclic) bond motifs is 1. The minimum Gasteiger partial charge on any atom is -0.346 e. The third kappa shape index (κ3) is 1.91. The van der Waals surface area contributed by atoms with Crippen molar-refractivity contribution in [3.8, 4) is 11.1 Å². The molecule has 0 saturated heterocycles. The summed E-state index contributed by atoms with van der Waals surface area (Å²) in [5.41, 5.74) is 9.37. The van der Waals surface area contributed by atoms with E-state index in [0.29, 0.717) is 6.54 Å². The van der Waals surface area contributed by atoms with Crippen LogP contribution in [0.25, 0.3) is 22.0 Å². The minimum absolute atomic E-state index is 0.671. The Morgan fingerprint density at radius 2 is 1.72 bits per heavy atom. The largest absolute Gasteiger partial charge is 0.346 e. The Morgan fingerprint density at radius 3 is 2.50 bits per heavy atom. The van der Waals surface area contributed by atoms with Crippen molar-refractivity contribution in [1.29, 1.82) is 0 Å². The summed E-state index contributed by atoms with van der Waals surface area (Å²) >= 11 is 0. The number of nitrogens with two attached hydrogens (primary N) is 1. The highest BCUT2D eigenvalue weighted by Crippen LogP contribution is 2.24. The van der Waals surface area contributed by atoms with Gasteiger partial charge in [0, 0.05) is 30.2 Å². The minimum atomic E-state index is 0.671. The highest BCUT2D eigenvalue weighted by molar-refractivity contribution is 5.85. The lowest BCUT2D eigenvalue weighted by molar-refractivity contribution is 0.735. The van der Waals surface area contributed by atoms with Gasteiger partial charge in [-0.2, -0.15) is 0 Å². The van der Waals surface area contributed by atoms with Crippen LogP contribution < -0.4 is 5.73 Å². The van der Waals surface area contributed by atoms with E-state index < -0.39 is 0 Å². The average molecular weight is 236 g/mol. The van der Waals surface area contributed by atoms with Crippen LogP contribution in [0.1, 0.15) is 0 Å². The second-order valence-corrected chi connectivity index (χ2v) is 4.44. The summed E-state index contributed by atoms with van der Waals surface area (Å²) < 4.78 is 2.20. The Morgan fingerprint density at radius 1 is 0.889 bits per heavy atom. The first-order chi connectivity index (χ1) is 8.88. The topological polar surface area (TPSA) is 30.9 Å². The van der Waals surface area contributed by atoms with Crippen LogP contribution in [-0.4, -0.2) is 11.1 Å². The van der Waals surface area contributed by atoms with Crippen LogP contribution in [0, 0.1) is 0 Å². The molecule has 3 aromatic rings. The van der Waals surface area contributed by atoms with Gasteiger partial charge >= 0.3 is 0 Å². The first-order valence-electron chi connectivity index (χ1n) is 6.23. The van der Waals surface area contributed by atoms with E-state index >= 15 is 0 Å². The molecule has 0 unspecified atom stereocenters. The van der Waals surface area contributed by atoms with Gasteiger partial charge in [-0.15, -0.1) is 0 Å². The molecule has 1 heterocycles. The number of hydrogen-bond donors (Lipinski definition) is 1. The molecule has 0 aliphatic rings. The van der Waals surface area contributed by atoms with Crippen LogP contribution >= 0.6 is 0 Å². The third-order valence-corrected chi connectivity index (χ3v) is 3.25. The summed E-state index contributed by atoms with van der Waals surface area (Å²) in [6.07, 6.45) is 2.10. The van der Waals surface area contributed by atoms with E-state index in [-0.39, 0.29) is 0 Å². The van der Waals surface area contributed by atoms with Gasteiger partial charge < -0.3 is 10.3 Å². The fourth-order valence-corrected chi connectivity index (χ4v) is 2.34. The van der Waals surface area contributed by atoms with Gasteiger partial charge in [-0.3, -0.25) is 0 Å². The van der Waals surface area contributed by atoms with E-state index in [1.165, 1.54) is 22.0 Å². The average Bonchev–Trinajstić information content (AvgIpc) is 2.83. The van der Waals surface area contributed by atoms with E-state index in [9.17, 15) is 0 Å². The lowest BCUT2D eigenvalue weighted by atomic mass is 10.0. The molecule has 0 spiro atoms. The van der Waals surface area contributed by atoms with Crippen LogP contribution in [0.5, 0.6) is 0 Å². The molecule has 90 valence electrons. The zero-order valence-electron chi connectivity index (χ0n) is 10.2. The first kappa shape index (κ1) is 11.1. The monoisotopic (exact) mass is 236 g/mol. The molecule has 18 heavy (non-hydrogen) atoms. The molecule has 0 amide bonds. The maximum atomic E-state index is 5.61. The zero-order chi connectivity index (χ0) is 12.4. The van der Waals surface area contributed by atoms with Gasteiger partial charge in [0.05, 0.1) is 0 Å². The van der Waals surface area contributed by atoms with Crippen LogP contribution in [0.4, 0.5) is 0 Å². The van der Waals surface area contributed by atoms with Crippen LogP contribution in [0.3, 0.4) is 0 Å². The van der Waals surface area contributed by atoms with Crippen molar-refractivity contribution in [3.63, 3.8) is 0 Å². The summed E-state index contributed by atoms with van der Waals surface area (Å²) in [7, 11) is 0. The van der Waals surface area contributed by atoms with Crippen LogP contribution in [0.15, 0.2) is 60.8 Å². The molecule has 0 atom stereocenters. The molecule has 1 aromatic heterocycles. The van der Waals surface area contributed by atoms with Crippen molar-refractivity contribution >= 4 is 10.9 Å². The Hall–Kier alpha value is -2.06. The van der Waals surface area contributed by atoms with Gasteiger partial charge in [-0.05, 0) is 29.3 Å². The molecule has 0 radical (unpaired) electrons. The lowest BCUT2D eigenvalue weighted by Gasteiger charge is -2.05. The molecule has 0 aliphatic carbocycles. The molecule has 0 aliphatic heterocycles. The van der Waals surface area contributed by atoms with E-state index in [4.69, 9.17) is 5.73 Å². The van der Waals surface area contributed by atoms with Gasteiger partial charge in [0.1, 0.15) is 0 Å². The number of rotatable bonds is 3. The summed E-state index contributed by atoms with van der Waals surface area (Å²) in [6, 6.07) is 19.2. The van der Waals surface area contributed by atoms with Gasteiger partial charge in [0.15, 0.2) is 0 Å². The quantitative estimate of drug-likeness (QED) is 0.743. The Kier molecular flexibility index (Phi) is 2.87. The molecule has 0 bridgehead atoms. The van der Waals surface area contributed by atoms with Crippen molar-refractivity contribution in [2.24, 2.45) is 5.73 Å². The predicted molar refractivity (Wildman–Crippen MR) is 76.4 cm³/mol. The summed E-state index contributed by atoms with van der Waals surface area (Å²) in [5.74, 6) is 0. The maximum absolute atomic E-state index is 5.61. The van der Waals surface area contributed by atoms with Gasteiger partial charge in [0.2, 0.25) is 0 Å². The smallest absolute Gasteiger partial charge is 0.0481 e. The second kappa shape index (κ2) is 4.67. The number of nitrogens with zero attached hydrogens (tertiary/aromatic N) is 1. The molecule has 2 nitrogen and oxygen atoms in total. The molecule has 0 saturated carbocycles. The molecule has 2 aromatic carbocycles. The fourth-order valence-electron chi connectivity index (χ4n) is 2.34. The summed E-state index contributed by atoms with van der Waals surface area (Å²) in [6.45, 7) is 1.54. The van der Waals surface area contributed by atoms with Crippen molar-refractivity contribution in [2.45, 2.75) is 6.54 Å². The van der Waals surface area contributed by atoms with Crippen molar-refractivity contribution in [1.82, 2.24) is 4.57 Å². The molecular weight excluding hydrogens is 220 g/mol. The van der Waals surface area contributed by atoms with Gasteiger partial charge in [-0.1, -0.05) is 36.4 Å². The van der Waals surface area contributed by atoms with Crippen LogP contribution in [0.2, 0.25) is 0 Å². The number of benzene rings is 2. The molecule has 2 heteroatoms.